The highest BCUT2D eigenvalue weighted by Gasteiger charge is 2.25. The van der Waals surface area contributed by atoms with Crippen LogP contribution in [-0.4, -0.2) is 30.7 Å². The van der Waals surface area contributed by atoms with Crippen LogP contribution in [0.15, 0.2) is 51.8 Å². The van der Waals surface area contributed by atoms with Crippen molar-refractivity contribution < 1.29 is 28.6 Å². The Kier molecular flexibility index (Phi) is 11.0. The molecule has 0 spiro atoms. The number of benzene rings is 1. The Morgan fingerprint density at radius 1 is 1.14 bits per heavy atom. The van der Waals surface area contributed by atoms with Gasteiger partial charge in [-0.15, -0.1) is 0 Å². The molecule has 1 aromatic carbocycles. The zero-order valence-corrected chi connectivity index (χ0v) is 22.6. The number of nitrogens with one attached hydrogen (secondary N) is 1. The van der Waals surface area contributed by atoms with Gasteiger partial charge in [-0.25, -0.2) is 9.59 Å². The summed E-state index contributed by atoms with van der Waals surface area (Å²) >= 11 is 0. The fourth-order valence-corrected chi connectivity index (χ4v) is 3.54. The first kappa shape index (κ1) is 29.7. The van der Waals surface area contributed by atoms with Crippen LogP contribution in [0.5, 0.6) is 11.5 Å². The van der Waals surface area contributed by atoms with E-state index in [1.165, 1.54) is 19.4 Å². The molecule has 0 bridgehead atoms. The maximum Gasteiger partial charge on any atom is 0.410 e. The van der Waals surface area contributed by atoms with E-state index in [4.69, 9.17) is 9.15 Å². The van der Waals surface area contributed by atoms with Crippen molar-refractivity contribution in [3.8, 4) is 11.5 Å². The summed E-state index contributed by atoms with van der Waals surface area (Å²) in [6.07, 6.45) is 5.02. The smallest absolute Gasteiger partial charge is 0.410 e. The SMILES string of the molecule is COC(=O)N/C=C/CCC(C)c1cc(O)c(C(=O)C(C)CCc2ccc(OCC(C)(C)C)cc2)c(=O)o1. The molecule has 8 heteroatoms. The van der Waals surface area contributed by atoms with Gasteiger partial charge in [-0.3, -0.25) is 10.1 Å². The number of allylic oxidation sites excluding steroid dienone is 1. The number of carbonyl (C=O) groups excluding carboxylic acids is 2. The highest BCUT2D eigenvalue weighted by Crippen LogP contribution is 2.27. The second-order valence-electron chi connectivity index (χ2n) is 10.5. The number of alkyl carbamates (subject to hydrolysis) is 1. The van der Waals surface area contributed by atoms with Crippen molar-refractivity contribution in [2.45, 2.75) is 66.2 Å². The summed E-state index contributed by atoms with van der Waals surface area (Å²) in [7, 11) is 1.28. The highest BCUT2D eigenvalue weighted by molar-refractivity contribution is 5.99. The summed E-state index contributed by atoms with van der Waals surface area (Å²) in [5.74, 6) is -0.353. The third-order valence-corrected chi connectivity index (χ3v) is 5.86. The fraction of sp³-hybridized carbons (Fsp3) is 0.483. The number of ketones is 1. The maximum absolute atomic E-state index is 13.0. The van der Waals surface area contributed by atoms with E-state index in [1.54, 1.807) is 13.0 Å². The van der Waals surface area contributed by atoms with Crippen LogP contribution in [-0.2, 0) is 11.2 Å². The fourth-order valence-electron chi connectivity index (χ4n) is 3.54. The minimum Gasteiger partial charge on any atom is -0.507 e. The summed E-state index contributed by atoms with van der Waals surface area (Å²) in [6, 6.07) is 9.12. The van der Waals surface area contributed by atoms with Crippen LogP contribution in [0.4, 0.5) is 4.79 Å². The van der Waals surface area contributed by atoms with Crippen LogP contribution in [0.1, 0.15) is 81.5 Å². The molecule has 2 N–H and O–H groups in total. The first-order chi connectivity index (χ1) is 17.4. The lowest BCUT2D eigenvalue weighted by atomic mass is 9.93. The predicted octanol–water partition coefficient (Wildman–Crippen LogP) is 5.98. The highest BCUT2D eigenvalue weighted by atomic mass is 16.5. The van der Waals surface area contributed by atoms with Gasteiger partial charge in [0.1, 0.15) is 22.8 Å². The number of methoxy groups -OCH3 is 1. The van der Waals surface area contributed by atoms with Gasteiger partial charge in [0.05, 0.1) is 13.7 Å². The van der Waals surface area contributed by atoms with Gasteiger partial charge in [-0.05, 0) is 48.8 Å². The topological polar surface area (TPSA) is 115 Å². The summed E-state index contributed by atoms with van der Waals surface area (Å²) in [6.45, 7) is 10.5. The average Bonchev–Trinajstić information content (AvgIpc) is 2.85. The molecule has 0 aliphatic heterocycles. The van der Waals surface area contributed by atoms with Crippen molar-refractivity contribution in [1.29, 1.82) is 0 Å². The van der Waals surface area contributed by atoms with Crippen LogP contribution < -0.4 is 15.7 Å². The Labute approximate surface area is 218 Å². The molecule has 202 valence electrons. The molecule has 0 radical (unpaired) electrons. The number of Topliss-reactive ketones (excluding diaryl/α,β-unsaturated/α-hetero) is 1. The number of amides is 1. The van der Waals surface area contributed by atoms with Gasteiger partial charge in [0, 0.05) is 24.1 Å². The summed E-state index contributed by atoms with van der Waals surface area (Å²) in [5, 5.41) is 12.9. The molecule has 1 amide bonds. The molecule has 8 nitrogen and oxygen atoms in total. The molecule has 0 saturated heterocycles. The first-order valence-electron chi connectivity index (χ1n) is 12.5. The normalized spacial score (nSPS) is 13.2. The Morgan fingerprint density at radius 2 is 1.81 bits per heavy atom. The zero-order valence-electron chi connectivity index (χ0n) is 22.6. The van der Waals surface area contributed by atoms with Gasteiger partial charge in [0.2, 0.25) is 0 Å². The lowest BCUT2D eigenvalue weighted by Gasteiger charge is -2.19. The number of ether oxygens (including phenoxy) is 2. The van der Waals surface area contributed by atoms with Crippen molar-refractivity contribution in [3.05, 3.63) is 69.9 Å². The van der Waals surface area contributed by atoms with Gasteiger partial charge < -0.3 is 19.0 Å². The molecule has 0 saturated carbocycles. The number of aromatic hydroxyl groups is 1. The lowest BCUT2D eigenvalue weighted by molar-refractivity contribution is 0.0916. The van der Waals surface area contributed by atoms with E-state index in [0.29, 0.717) is 38.1 Å². The number of hydrogen-bond donors (Lipinski definition) is 2. The summed E-state index contributed by atoms with van der Waals surface area (Å²) < 4.78 is 15.7. The van der Waals surface area contributed by atoms with Crippen LogP contribution in [0.2, 0.25) is 0 Å². The van der Waals surface area contributed by atoms with Gasteiger partial charge in [-0.1, -0.05) is 52.8 Å². The van der Waals surface area contributed by atoms with Gasteiger partial charge in [0.25, 0.3) is 0 Å². The Hall–Kier alpha value is -3.55. The molecule has 2 aromatic rings. The van der Waals surface area contributed by atoms with Crippen molar-refractivity contribution in [2.24, 2.45) is 11.3 Å². The van der Waals surface area contributed by atoms with Gasteiger partial charge in [-0.2, -0.15) is 0 Å². The molecular formula is C29H39NO7. The van der Waals surface area contributed by atoms with E-state index >= 15 is 0 Å². The molecule has 1 aromatic heterocycles. The largest absolute Gasteiger partial charge is 0.507 e. The lowest BCUT2D eigenvalue weighted by Crippen LogP contribution is -2.21. The molecule has 0 fully saturated rings. The summed E-state index contributed by atoms with van der Waals surface area (Å²) in [5.41, 5.74) is -0.0114. The van der Waals surface area contributed by atoms with Crippen LogP contribution in [0.3, 0.4) is 0 Å². The van der Waals surface area contributed by atoms with Crippen LogP contribution in [0.25, 0.3) is 0 Å². The predicted molar refractivity (Wildman–Crippen MR) is 142 cm³/mol. The van der Waals surface area contributed by atoms with Gasteiger partial charge in [0.15, 0.2) is 5.78 Å². The maximum atomic E-state index is 13.0. The van der Waals surface area contributed by atoms with E-state index < -0.39 is 23.4 Å². The van der Waals surface area contributed by atoms with Crippen molar-refractivity contribution >= 4 is 11.9 Å². The average molecular weight is 514 g/mol. The third-order valence-electron chi connectivity index (χ3n) is 5.86. The number of hydrogen-bond acceptors (Lipinski definition) is 7. The Morgan fingerprint density at radius 3 is 2.41 bits per heavy atom. The molecule has 2 atom stereocenters. The Balaban J connectivity index is 1.94. The Bertz CT molecular complexity index is 1130. The zero-order chi connectivity index (χ0) is 27.6. The molecule has 2 unspecified atom stereocenters. The standard InChI is InChI=1S/C29H39NO7/c1-19(9-7-8-16-30-28(34)35-6)24-17-23(31)25(27(33)37-24)26(32)20(2)10-11-21-12-14-22(15-13-21)36-18-29(3,4)5/h8,12-17,19-20,31H,7,9-11,18H2,1-6H3,(H,30,34)/b16-8+. The minimum atomic E-state index is -0.832. The van der Waals surface area contributed by atoms with E-state index in [2.05, 4.69) is 30.8 Å². The monoisotopic (exact) mass is 513 g/mol. The number of rotatable bonds is 12. The number of carbonyl (C=O) groups is 2. The molecular weight excluding hydrogens is 474 g/mol. The second kappa shape index (κ2) is 13.7. The molecule has 1 heterocycles. The quantitative estimate of drug-likeness (QED) is 0.336. The summed E-state index contributed by atoms with van der Waals surface area (Å²) in [4.78, 5) is 36.6. The minimum absolute atomic E-state index is 0.0742. The van der Waals surface area contributed by atoms with Crippen LogP contribution in [0, 0.1) is 11.3 Å². The van der Waals surface area contributed by atoms with Crippen LogP contribution >= 0.6 is 0 Å². The first-order valence-corrected chi connectivity index (χ1v) is 12.5. The van der Waals surface area contributed by atoms with E-state index in [-0.39, 0.29) is 22.6 Å². The van der Waals surface area contributed by atoms with E-state index in [9.17, 15) is 19.5 Å². The second-order valence-corrected chi connectivity index (χ2v) is 10.5. The van der Waals surface area contributed by atoms with E-state index in [1.807, 2.05) is 31.2 Å². The molecule has 0 aliphatic carbocycles. The van der Waals surface area contributed by atoms with Crippen molar-refractivity contribution in [3.63, 3.8) is 0 Å². The van der Waals surface area contributed by atoms with Gasteiger partial charge >= 0.3 is 11.7 Å². The molecule has 0 aliphatic rings. The molecule has 37 heavy (non-hydrogen) atoms. The van der Waals surface area contributed by atoms with E-state index in [0.717, 1.165) is 11.3 Å². The third kappa shape index (κ3) is 9.79. The van der Waals surface area contributed by atoms with Crippen molar-refractivity contribution in [2.75, 3.05) is 13.7 Å². The van der Waals surface area contributed by atoms with Crippen molar-refractivity contribution in [1.82, 2.24) is 5.32 Å². The number of aryl methyl sites for hydroxylation is 1. The molecule has 2 rings (SSSR count).